The number of hydrogen-bond acceptors (Lipinski definition) is 5. The van der Waals surface area contributed by atoms with E-state index in [4.69, 9.17) is 19.5 Å². The lowest BCUT2D eigenvalue weighted by molar-refractivity contribution is -0.120. The number of nitrogens with one attached hydrogen (secondary N) is 1. The summed E-state index contributed by atoms with van der Waals surface area (Å²) in [5.41, 5.74) is 1.97. The molecule has 6 heteroatoms. The van der Waals surface area contributed by atoms with Crippen molar-refractivity contribution in [3.63, 3.8) is 0 Å². The van der Waals surface area contributed by atoms with E-state index in [2.05, 4.69) is 5.32 Å². The van der Waals surface area contributed by atoms with Crippen LogP contribution in [0, 0.1) is 18.3 Å². The average Bonchev–Trinajstić information content (AvgIpc) is 2.65. The molecule has 0 saturated carbocycles. The van der Waals surface area contributed by atoms with Gasteiger partial charge in [-0.25, -0.2) is 0 Å². The Kier molecular flexibility index (Phi) is 7.31. The van der Waals surface area contributed by atoms with Gasteiger partial charge in [0.15, 0.2) is 0 Å². The molecule has 26 heavy (non-hydrogen) atoms. The second kappa shape index (κ2) is 9.94. The Balaban J connectivity index is 1.91. The summed E-state index contributed by atoms with van der Waals surface area (Å²) < 4.78 is 16.7. The van der Waals surface area contributed by atoms with Crippen LogP contribution < -0.4 is 19.5 Å². The Morgan fingerprint density at radius 3 is 2.46 bits per heavy atom. The zero-order valence-corrected chi connectivity index (χ0v) is 15.0. The lowest BCUT2D eigenvalue weighted by Crippen LogP contribution is -2.22. The van der Waals surface area contributed by atoms with Gasteiger partial charge in [-0.05, 0) is 31.2 Å². The van der Waals surface area contributed by atoms with E-state index in [1.807, 2.05) is 43.3 Å². The van der Waals surface area contributed by atoms with Crippen LogP contribution in [0.25, 0.3) is 0 Å². The van der Waals surface area contributed by atoms with Crippen LogP contribution in [0.2, 0.25) is 0 Å². The smallest absolute Gasteiger partial charge is 0.234 e. The number of aryl methyl sites for hydroxylation is 1. The maximum absolute atomic E-state index is 11.5. The average molecular weight is 354 g/mol. The molecule has 1 amide bonds. The minimum absolute atomic E-state index is 0.170. The highest BCUT2D eigenvalue weighted by atomic mass is 16.5. The van der Waals surface area contributed by atoms with Crippen molar-refractivity contribution >= 4 is 5.91 Å². The molecule has 1 N–H and O–H groups in total. The Bertz CT molecular complexity index is 766. The number of hydrogen-bond donors (Lipinski definition) is 1. The highest BCUT2D eigenvalue weighted by molar-refractivity contribution is 5.78. The summed E-state index contributed by atoms with van der Waals surface area (Å²) >= 11 is 0. The molecule has 136 valence electrons. The number of methoxy groups -OCH3 is 1. The van der Waals surface area contributed by atoms with Gasteiger partial charge in [-0.1, -0.05) is 17.7 Å². The van der Waals surface area contributed by atoms with Crippen molar-refractivity contribution < 1.29 is 19.0 Å². The molecule has 2 aromatic rings. The molecule has 0 aliphatic rings. The Morgan fingerprint density at radius 2 is 1.77 bits per heavy atom. The zero-order chi connectivity index (χ0) is 18.8. The number of ether oxygens (including phenoxy) is 3. The van der Waals surface area contributed by atoms with Gasteiger partial charge in [-0.3, -0.25) is 4.79 Å². The molecular formula is C20H22N2O4. The van der Waals surface area contributed by atoms with Crippen molar-refractivity contribution in [3.05, 3.63) is 53.6 Å². The van der Waals surface area contributed by atoms with E-state index in [-0.39, 0.29) is 18.9 Å². The fourth-order valence-electron chi connectivity index (χ4n) is 2.22. The first-order valence-corrected chi connectivity index (χ1v) is 8.25. The van der Waals surface area contributed by atoms with Crippen molar-refractivity contribution in [1.82, 2.24) is 5.32 Å². The first kappa shape index (κ1) is 19.1. The first-order chi connectivity index (χ1) is 12.6. The molecule has 0 saturated heterocycles. The van der Waals surface area contributed by atoms with Crippen molar-refractivity contribution in [2.45, 2.75) is 19.9 Å². The van der Waals surface area contributed by atoms with Crippen LogP contribution in [0.15, 0.2) is 42.5 Å². The maximum Gasteiger partial charge on any atom is 0.234 e. The van der Waals surface area contributed by atoms with E-state index in [1.165, 1.54) is 5.56 Å². The summed E-state index contributed by atoms with van der Waals surface area (Å²) in [5, 5.41) is 11.2. The number of nitrogens with zero attached hydrogens (tertiary/aromatic N) is 1. The second-order valence-electron chi connectivity index (χ2n) is 5.60. The van der Waals surface area contributed by atoms with Gasteiger partial charge in [0.2, 0.25) is 5.91 Å². The van der Waals surface area contributed by atoms with Crippen LogP contribution in [-0.2, 0) is 11.3 Å². The van der Waals surface area contributed by atoms with E-state index < -0.39 is 0 Å². The number of rotatable bonds is 9. The Morgan fingerprint density at radius 1 is 1.08 bits per heavy atom. The number of nitriles is 1. The third kappa shape index (κ3) is 6.02. The molecule has 0 aliphatic carbocycles. The molecule has 0 fully saturated rings. The molecule has 6 nitrogen and oxygen atoms in total. The monoisotopic (exact) mass is 354 g/mol. The third-order valence-corrected chi connectivity index (χ3v) is 3.62. The minimum atomic E-state index is -0.322. The van der Waals surface area contributed by atoms with Crippen molar-refractivity contribution in [1.29, 1.82) is 5.26 Å². The van der Waals surface area contributed by atoms with Crippen LogP contribution in [0.1, 0.15) is 17.5 Å². The molecule has 0 bridgehead atoms. The molecular weight excluding hydrogens is 332 g/mol. The fraction of sp³-hybridized carbons (Fsp3) is 0.300. The quantitative estimate of drug-likeness (QED) is 0.700. The summed E-state index contributed by atoms with van der Waals surface area (Å²) in [6.07, 6.45) is -0.170. The molecule has 2 aromatic carbocycles. The van der Waals surface area contributed by atoms with Gasteiger partial charge in [0, 0.05) is 18.2 Å². The number of carbonyl (C=O) groups excluding carboxylic acids is 1. The molecule has 0 spiro atoms. The first-order valence-electron chi connectivity index (χ1n) is 8.25. The summed E-state index contributed by atoms with van der Waals surface area (Å²) in [6, 6.07) is 15.0. The summed E-state index contributed by atoms with van der Waals surface area (Å²) in [6.45, 7) is 3.03. The van der Waals surface area contributed by atoms with E-state index in [1.54, 1.807) is 19.2 Å². The van der Waals surface area contributed by atoms with Crippen LogP contribution in [0.5, 0.6) is 17.2 Å². The zero-order valence-electron chi connectivity index (χ0n) is 15.0. The van der Waals surface area contributed by atoms with Gasteiger partial charge < -0.3 is 19.5 Å². The van der Waals surface area contributed by atoms with Crippen molar-refractivity contribution in [2.24, 2.45) is 0 Å². The summed E-state index contributed by atoms with van der Waals surface area (Å²) in [4.78, 5) is 11.5. The molecule has 0 atom stereocenters. The van der Waals surface area contributed by atoms with Crippen molar-refractivity contribution in [2.75, 3.05) is 20.3 Å². The molecule has 0 unspecified atom stereocenters. The van der Waals surface area contributed by atoms with Gasteiger partial charge in [-0.15, -0.1) is 0 Å². The maximum atomic E-state index is 11.5. The second-order valence-corrected chi connectivity index (χ2v) is 5.60. The van der Waals surface area contributed by atoms with Crippen LogP contribution in [-0.4, -0.2) is 26.2 Å². The largest absolute Gasteiger partial charge is 0.497 e. The topological polar surface area (TPSA) is 80.6 Å². The Labute approximate surface area is 153 Å². The third-order valence-electron chi connectivity index (χ3n) is 3.62. The summed E-state index contributed by atoms with van der Waals surface area (Å²) in [5.74, 6) is 1.73. The summed E-state index contributed by atoms with van der Waals surface area (Å²) in [7, 11) is 1.58. The highest BCUT2D eigenvalue weighted by Gasteiger charge is 2.08. The molecule has 0 aliphatic heterocycles. The molecule has 2 rings (SSSR count). The lowest BCUT2D eigenvalue weighted by Gasteiger charge is -2.14. The van der Waals surface area contributed by atoms with Crippen molar-refractivity contribution in [3.8, 4) is 23.3 Å². The van der Waals surface area contributed by atoms with E-state index >= 15 is 0 Å². The molecule has 0 heterocycles. The normalized spacial score (nSPS) is 9.88. The number of benzene rings is 2. The fourth-order valence-corrected chi connectivity index (χ4v) is 2.22. The predicted octanol–water partition coefficient (Wildman–Crippen LogP) is 2.99. The highest BCUT2D eigenvalue weighted by Crippen LogP contribution is 2.25. The van der Waals surface area contributed by atoms with E-state index in [9.17, 15) is 4.79 Å². The van der Waals surface area contributed by atoms with Gasteiger partial charge in [0.25, 0.3) is 0 Å². The van der Waals surface area contributed by atoms with Crippen LogP contribution >= 0.6 is 0 Å². The van der Waals surface area contributed by atoms with Crippen LogP contribution in [0.3, 0.4) is 0 Å². The van der Waals surface area contributed by atoms with Crippen LogP contribution in [0.4, 0.5) is 0 Å². The van der Waals surface area contributed by atoms with Gasteiger partial charge in [0.05, 0.1) is 13.2 Å². The van der Waals surface area contributed by atoms with E-state index in [0.717, 1.165) is 11.3 Å². The standard InChI is InChI=1S/C20H22N2O4/c1-15-3-6-17(7-4-15)25-11-12-26-19-13-18(24-2)8-5-16(19)14-22-20(23)9-10-21/h3-8,13H,9,11-12,14H2,1-2H3,(H,22,23). The van der Waals surface area contributed by atoms with Gasteiger partial charge >= 0.3 is 0 Å². The lowest BCUT2D eigenvalue weighted by atomic mass is 10.2. The predicted molar refractivity (Wildman–Crippen MR) is 97.2 cm³/mol. The van der Waals surface area contributed by atoms with Gasteiger partial charge in [0.1, 0.15) is 36.9 Å². The number of carbonyl (C=O) groups is 1. The molecule has 0 aromatic heterocycles. The molecule has 0 radical (unpaired) electrons. The Hall–Kier alpha value is -3.20. The minimum Gasteiger partial charge on any atom is -0.497 e. The van der Waals surface area contributed by atoms with E-state index in [0.29, 0.717) is 24.7 Å². The van der Waals surface area contributed by atoms with Gasteiger partial charge in [-0.2, -0.15) is 5.26 Å². The SMILES string of the molecule is COc1ccc(CNC(=O)CC#N)c(OCCOc2ccc(C)cc2)c1. The number of amides is 1.